The van der Waals surface area contributed by atoms with Gasteiger partial charge in [0.25, 0.3) is 5.91 Å². The molecule has 3 rings (SSSR count). The topological polar surface area (TPSA) is 113 Å². The molecule has 1 saturated heterocycles. The molecule has 192 valence electrons. The second-order valence-electron chi connectivity index (χ2n) is 8.65. The van der Waals surface area contributed by atoms with Gasteiger partial charge in [0.2, 0.25) is 10.0 Å². The van der Waals surface area contributed by atoms with Crippen molar-refractivity contribution in [3.05, 3.63) is 63.9 Å². The Labute approximate surface area is 210 Å². The largest absolute Gasteiger partial charge is 0.348 e. The fraction of sp³-hybridized carbons (Fsp3) is 0.435. The van der Waals surface area contributed by atoms with Crippen molar-refractivity contribution in [2.24, 2.45) is 5.92 Å². The van der Waals surface area contributed by atoms with Crippen LogP contribution in [0.4, 0.5) is 4.39 Å². The number of nitrogens with zero attached hydrogens (tertiary/aromatic N) is 1. The second kappa shape index (κ2) is 11.3. The van der Waals surface area contributed by atoms with Gasteiger partial charge in [-0.05, 0) is 54.8 Å². The molecular formula is C23H29ClFN3O5S2. The average Bonchev–Trinajstić information content (AvgIpc) is 3.24. The fourth-order valence-electron chi connectivity index (χ4n) is 3.97. The molecule has 35 heavy (non-hydrogen) atoms. The lowest BCUT2D eigenvalue weighted by atomic mass is 10.1. The second-order valence-corrected chi connectivity index (χ2v) is 13.2. The predicted octanol–water partition coefficient (Wildman–Crippen LogP) is 2.57. The van der Waals surface area contributed by atoms with Gasteiger partial charge in [-0.25, -0.2) is 25.9 Å². The Bertz CT molecular complexity index is 1300. The number of carbonyl (C=O) groups excluding carboxylic acids is 1. The normalized spacial score (nSPS) is 17.0. The molecule has 0 bridgehead atoms. The molecule has 1 amide bonds. The number of hydrogen-bond acceptors (Lipinski definition) is 6. The number of sulfone groups is 1. The van der Waals surface area contributed by atoms with Gasteiger partial charge >= 0.3 is 0 Å². The number of rotatable bonds is 10. The average molecular weight is 546 g/mol. The highest BCUT2D eigenvalue weighted by Crippen LogP contribution is 2.23. The Balaban J connectivity index is 1.61. The predicted molar refractivity (Wildman–Crippen MR) is 133 cm³/mol. The first-order chi connectivity index (χ1) is 16.4. The van der Waals surface area contributed by atoms with Crippen molar-refractivity contribution in [2.45, 2.75) is 31.3 Å². The van der Waals surface area contributed by atoms with Gasteiger partial charge in [-0.2, -0.15) is 0 Å². The summed E-state index contributed by atoms with van der Waals surface area (Å²) in [6.45, 7) is 3.53. The molecule has 8 nitrogen and oxygen atoms in total. The summed E-state index contributed by atoms with van der Waals surface area (Å²) in [6.07, 6.45) is 1.93. The Morgan fingerprint density at radius 1 is 1.14 bits per heavy atom. The number of sulfonamides is 1. The number of hydrogen-bond donors (Lipinski definition) is 2. The quantitative estimate of drug-likeness (QED) is 0.474. The third-order valence-electron chi connectivity index (χ3n) is 5.89. The molecule has 1 aliphatic rings. The monoisotopic (exact) mass is 545 g/mol. The van der Waals surface area contributed by atoms with E-state index >= 15 is 0 Å². The summed E-state index contributed by atoms with van der Waals surface area (Å²) in [5.41, 5.74) is 0.910. The Morgan fingerprint density at radius 3 is 2.54 bits per heavy atom. The van der Waals surface area contributed by atoms with Gasteiger partial charge in [0.05, 0.1) is 16.9 Å². The SMILES string of the molecule is CCS(=O)(=O)c1ccc(Cl)cc1CNC(=O)c1ccc(CN2CC[C@@H](CNS(C)(=O)=O)C2)c(F)c1. The van der Waals surface area contributed by atoms with Crippen molar-refractivity contribution in [2.75, 3.05) is 31.6 Å². The fourth-order valence-corrected chi connectivity index (χ4v) is 5.82. The van der Waals surface area contributed by atoms with E-state index in [-0.39, 0.29) is 28.7 Å². The van der Waals surface area contributed by atoms with Gasteiger partial charge in [0, 0.05) is 42.3 Å². The number of halogens is 2. The molecule has 0 saturated carbocycles. The van der Waals surface area contributed by atoms with E-state index in [4.69, 9.17) is 11.6 Å². The van der Waals surface area contributed by atoms with Gasteiger partial charge in [-0.3, -0.25) is 9.69 Å². The lowest BCUT2D eigenvalue weighted by Crippen LogP contribution is -2.30. The van der Waals surface area contributed by atoms with E-state index in [1.165, 1.54) is 31.2 Å². The van der Waals surface area contributed by atoms with Crippen LogP contribution in [-0.4, -0.2) is 59.3 Å². The van der Waals surface area contributed by atoms with Crippen molar-refractivity contribution in [1.29, 1.82) is 0 Å². The molecule has 1 fully saturated rings. The van der Waals surface area contributed by atoms with Gasteiger partial charge in [-0.15, -0.1) is 0 Å². The van der Waals surface area contributed by atoms with Crippen LogP contribution >= 0.6 is 11.6 Å². The molecule has 2 N–H and O–H groups in total. The maximum Gasteiger partial charge on any atom is 0.251 e. The first-order valence-electron chi connectivity index (χ1n) is 11.1. The summed E-state index contributed by atoms with van der Waals surface area (Å²) in [4.78, 5) is 14.8. The van der Waals surface area contributed by atoms with Crippen LogP contribution in [0.3, 0.4) is 0 Å². The molecule has 0 aliphatic carbocycles. The molecule has 2 aromatic carbocycles. The third-order valence-corrected chi connectivity index (χ3v) is 8.65. The lowest BCUT2D eigenvalue weighted by molar-refractivity contribution is 0.0950. The minimum absolute atomic E-state index is 0.0754. The minimum Gasteiger partial charge on any atom is -0.348 e. The summed E-state index contributed by atoms with van der Waals surface area (Å²) in [7, 11) is -6.75. The van der Waals surface area contributed by atoms with Crippen molar-refractivity contribution in [3.63, 3.8) is 0 Å². The van der Waals surface area contributed by atoms with Crippen LogP contribution in [0.5, 0.6) is 0 Å². The molecule has 1 heterocycles. The van der Waals surface area contributed by atoms with Crippen LogP contribution in [0.1, 0.15) is 34.8 Å². The Morgan fingerprint density at radius 2 is 1.89 bits per heavy atom. The summed E-state index contributed by atoms with van der Waals surface area (Å²) in [5, 5.41) is 2.98. The highest BCUT2D eigenvalue weighted by molar-refractivity contribution is 7.91. The van der Waals surface area contributed by atoms with E-state index in [0.29, 0.717) is 35.8 Å². The highest BCUT2D eigenvalue weighted by atomic mass is 35.5. The molecular weight excluding hydrogens is 517 g/mol. The van der Waals surface area contributed by atoms with E-state index in [2.05, 4.69) is 10.0 Å². The van der Waals surface area contributed by atoms with E-state index in [1.54, 1.807) is 6.07 Å². The molecule has 1 atom stereocenters. The minimum atomic E-state index is -3.51. The Hall–Kier alpha value is -2.05. The van der Waals surface area contributed by atoms with Crippen LogP contribution in [-0.2, 0) is 33.0 Å². The third kappa shape index (κ3) is 7.71. The lowest BCUT2D eigenvalue weighted by Gasteiger charge is -2.17. The van der Waals surface area contributed by atoms with Crippen LogP contribution in [0, 0.1) is 11.7 Å². The molecule has 0 spiro atoms. The molecule has 2 aromatic rings. The van der Waals surface area contributed by atoms with Gasteiger partial charge < -0.3 is 5.32 Å². The zero-order valence-corrected chi connectivity index (χ0v) is 21.9. The summed E-state index contributed by atoms with van der Waals surface area (Å²) in [5.74, 6) is -0.990. The zero-order valence-electron chi connectivity index (χ0n) is 19.6. The number of likely N-dealkylation sites (tertiary alicyclic amines) is 1. The molecule has 0 aromatic heterocycles. The van der Waals surface area contributed by atoms with Crippen molar-refractivity contribution >= 4 is 37.4 Å². The van der Waals surface area contributed by atoms with Gasteiger partial charge in [0.1, 0.15) is 5.82 Å². The van der Waals surface area contributed by atoms with Gasteiger partial charge in [-0.1, -0.05) is 24.6 Å². The van der Waals surface area contributed by atoms with Crippen molar-refractivity contribution < 1.29 is 26.0 Å². The van der Waals surface area contributed by atoms with E-state index in [9.17, 15) is 26.0 Å². The highest BCUT2D eigenvalue weighted by Gasteiger charge is 2.24. The standard InChI is InChI=1S/C23H29ClFN3O5S2/c1-3-35(32,33)22-7-6-20(24)10-19(22)13-26-23(29)17-4-5-18(21(25)11-17)15-28-9-8-16(14-28)12-27-34(2,30)31/h4-7,10-11,16,27H,3,8-9,12-15H2,1-2H3,(H,26,29)/t16-/m0/s1. The van der Waals surface area contributed by atoms with Crippen molar-refractivity contribution in [3.8, 4) is 0 Å². The maximum absolute atomic E-state index is 14.8. The smallest absolute Gasteiger partial charge is 0.251 e. The molecule has 1 aliphatic heterocycles. The van der Waals surface area contributed by atoms with Crippen LogP contribution in [0.2, 0.25) is 5.02 Å². The van der Waals surface area contributed by atoms with Crippen molar-refractivity contribution in [1.82, 2.24) is 14.9 Å². The summed E-state index contributed by atoms with van der Waals surface area (Å²) in [6, 6.07) is 8.62. The maximum atomic E-state index is 14.8. The van der Waals surface area contributed by atoms with Crippen LogP contribution in [0.25, 0.3) is 0 Å². The van der Waals surface area contributed by atoms with E-state index in [1.807, 2.05) is 4.90 Å². The summed E-state index contributed by atoms with van der Waals surface area (Å²) < 4.78 is 64.5. The molecule has 0 radical (unpaired) electrons. The molecule has 12 heteroatoms. The van der Waals surface area contributed by atoms with E-state index in [0.717, 1.165) is 25.3 Å². The summed E-state index contributed by atoms with van der Waals surface area (Å²) >= 11 is 6.01. The molecule has 0 unspecified atom stereocenters. The number of amides is 1. The first kappa shape index (κ1) is 27.5. The van der Waals surface area contributed by atoms with Gasteiger partial charge in [0.15, 0.2) is 9.84 Å². The number of nitrogens with one attached hydrogen (secondary N) is 2. The zero-order chi connectivity index (χ0) is 25.8. The number of benzene rings is 2. The number of carbonyl (C=O) groups is 1. The van der Waals surface area contributed by atoms with E-state index < -0.39 is 31.6 Å². The Kier molecular flexibility index (Phi) is 8.92. The van der Waals surface area contributed by atoms with Crippen LogP contribution in [0.15, 0.2) is 41.3 Å². The first-order valence-corrected chi connectivity index (χ1v) is 15.0. The van der Waals surface area contributed by atoms with Crippen LogP contribution < -0.4 is 10.0 Å².